The van der Waals surface area contributed by atoms with E-state index in [9.17, 15) is 31.1 Å². The second-order valence-corrected chi connectivity index (χ2v) is 6.36. The summed E-state index contributed by atoms with van der Waals surface area (Å²) >= 11 is 0. The Kier molecular flexibility index (Phi) is 6.42. The van der Waals surface area contributed by atoms with Gasteiger partial charge < -0.3 is 17.0 Å². The van der Waals surface area contributed by atoms with Crippen LogP contribution in [0.4, 0.5) is 26.3 Å². The molecule has 29 heavy (non-hydrogen) atoms. The Morgan fingerprint density at radius 1 is 0.897 bits per heavy atom. The van der Waals surface area contributed by atoms with Gasteiger partial charge in [-0.3, -0.25) is 4.79 Å². The first-order valence-corrected chi connectivity index (χ1v) is 8.17. The molecule has 0 saturated carbocycles. The lowest BCUT2D eigenvalue weighted by molar-refractivity contribution is -0.657. The standard InChI is InChI=1S/C20H14F6NO.BrH/c1-12-6-7-27(17-5-3-2-4-16(12)17)11-18(28)13-8-14(19(21,22)23)10-15(9-13)20(24,25)26;/h2-10H,11H2,1H3;1H/q+1;/p-1. The number of hydrogen-bond acceptors (Lipinski definition) is 1. The van der Waals surface area contributed by atoms with Crippen LogP contribution in [0, 0.1) is 6.92 Å². The van der Waals surface area contributed by atoms with Crippen LogP contribution in [-0.2, 0) is 18.9 Å². The minimum absolute atomic E-state index is 0. The first kappa shape index (κ1) is 22.9. The SMILES string of the molecule is Cc1cc[n+](CC(=O)c2cc(C(F)(F)F)cc(C(F)(F)F)c2)c2ccccc12.[Br-]. The molecule has 0 unspecified atom stereocenters. The number of ketones is 1. The van der Waals surface area contributed by atoms with Crippen molar-refractivity contribution in [1.82, 2.24) is 0 Å². The number of Topliss-reactive ketones (excluding diaryl/α,β-unsaturated/α-hetero) is 1. The van der Waals surface area contributed by atoms with Crippen LogP contribution in [0.3, 0.4) is 0 Å². The van der Waals surface area contributed by atoms with Crippen LogP contribution in [0.5, 0.6) is 0 Å². The number of hydrogen-bond donors (Lipinski definition) is 0. The average molecular weight is 478 g/mol. The number of aromatic nitrogens is 1. The number of aryl methyl sites for hydroxylation is 1. The molecule has 0 aliphatic carbocycles. The molecule has 2 nitrogen and oxygen atoms in total. The quantitative estimate of drug-likeness (QED) is 0.322. The molecule has 0 aliphatic rings. The number of nitrogens with zero attached hydrogens (tertiary/aromatic N) is 1. The van der Waals surface area contributed by atoms with E-state index in [0.29, 0.717) is 17.6 Å². The number of carbonyl (C=O) groups excluding carboxylic acids is 1. The third-order valence-corrected chi connectivity index (χ3v) is 4.37. The van der Waals surface area contributed by atoms with Gasteiger partial charge in [0.15, 0.2) is 6.20 Å². The van der Waals surface area contributed by atoms with E-state index >= 15 is 0 Å². The lowest BCUT2D eigenvalue weighted by Crippen LogP contribution is -3.00. The van der Waals surface area contributed by atoms with Gasteiger partial charge in [-0.05, 0) is 36.8 Å². The molecular formula is C20H14BrF6NO. The molecule has 9 heteroatoms. The minimum atomic E-state index is -5.00. The average Bonchev–Trinajstić information content (AvgIpc) is 2.62. The number of benzene rings is 2. The summed E-state index contributed by atoms with van der Waals surface area (Å²) in [7, 11) is 0. The number of para-hydroxylation sites is 1. The van der Waals surface area contributed by atoms with Crippen molar-refractivity contribution in [3.63, 3.8) is 0 Å². The summed E-state index contributed by atoms with van der Waals surface area (Å²) in [5.74, 6) is -0.851. The van der Waals surface area contributed by atoms with Crippen molar-refractivity contribution >= 4 is 16.7 Å². The predicted molar refractivity (Wildman–Crippen MR) is 89.7 cm³/mol. The van der Waals surface area contributed by atoms with E-state index in [1.165, 1.54) is 4.57 Å². The third-order valence-electron chi connectivity index (χ3n) is 4.37. The molecule has 0 amide bonds. The summed E-state index contributed by atoms with van der Waals surface area (Å²) in [5.41, 5.74) is -2.08. The van der Waals surface area contributed by atoms with Crippen LogP contribution in [0.1, 0.15) is 27.0 Å². The van der Waals surface area contributed by atoms with Crippen molar-refractivity contribution in [2.24, 2.45) is 0 Å². The van der Waals surface area contributed by atoms with Gasteiger partial charge in [0.2, 0.25) is 17.8 Å². The number of halogens is 7. The normalized spacial score (nSPS) is 12.0. The van der Waals surface area contributed by atoms with Gasteiger partial charge in [0.25, 0.3) is 0 Å². The highest BCUT2D eigenvalue weighted by Crippen LogP contribution is 2.36. The maximum atomic E-state index is 13.0. The molecule has 0 spiro atoms. The number of alkyl halides is 6. The summed E-state index contributed by atoms with van der Waals surface area (Å²) in [6.07, 6.45) is -8.42. The molecule has 0 fully saturated rings. The van der Waals surface area contributed by atoms with Crippen LogP contribution in [0.2, 0.25) is 0 Å². The van der Waals surface area contributed by atoms with E-state index in [0.717, 1.165) is 10.9 Å². The Balaban J connectivity index is 0.00000300. The van der Waals surface area contributed by atoms with Crippen molar-refractivity contribution in [3.8, 4) is 0 Å². The summed E-state index contributed by atoms with van der Waals surface area (Å²) < 4.78 is 79.5. The molecule has 0 N–H and O–H groups in total. The van der Waals surface area contributed by atoms with Gasteiger partial charge in [-0.25, -0.2) is 0 Å². The molecule has 0 radical (unpaired) electrons. The van der Waals surface area contributed by atoms with E-state index in [1.807, 2.05) is 13.0 Å². The predicted octanol–water partition coefficient (Wildman–Crippen LogP) is 2.36. The van der Waals surface area contributed by atoms with Gasteiger partial charge in [0, 0.05) is 23.1 Å². The van der Waals surface area contributed by atoms with Crippen LogP contribution >= 0.6 is 0 Å². The Bertz CT molecular complexity index is 1030. The van der Waals surface area contributed by atoms with E-state index in [4.69, 9.17) is 0 Å². The molecule has 0 atom stereocenters. The smallest absolute Gasteiger partial charge is 0.416 e. The number of pyridine rings is 1. The van der Waals surface area contributed by atoms with Gasteiger partial charge in [-0.2, -0.15) is 30.9 Å². The topological polar surface area (TPSA) is 20.9 Å². The molecule has 3 rings (SSSR count). The van der Waals surface area contributed by atoms with E-state index in [1.54, 1.807) is 30.5 Å². The summed E-state index contributed by atoms with van der Waals surface area (Å²) in [6.45, 7) is 1.47. The van der Waals surface area contributed by atoms with Crippen molar-refractivity contribution in [3.05, 3.63) is 77.0 Å². The highest BCUT2D eigenvalue weighted by molar-refractivity contribution is 5.95. The van der Waals surface area contributed by atoms with Crippen molar-refractivity contribution < 1.29 is 52.7 Å². The Morgan fingerprint density at radius 3 is 2.00 bits per heavy atom. The van der Waals surface area contributed by atoms with E-state index in [-0.39, 0.29) is 29.6 Å². The van der Waals surface area contributed by atoms with Crippen molar-refractivity contribution in [2.45, 2.75) is 25.8 Å². The summed E-state index contributed by atoms with van der Waals surface area (Å²) in [5, 5.41) is 0.831. The largest absolute Gasteiger partial charge is 1.00 e. The molecule has 1 heterocycles. The fraction of sp³-hybridized carbons (Fsp3) is 0.200. The monoisotopic (exact) mass is 477 g/mol. The molecule has 3 aromatic rings. The summed E-state index contributed by atoms with van der Waals surface area (Å²) in [6, 6.07) is 9.70. The third kappa shape index (κ3) is 4.95. The second-order valence-electron chi connectivity index (χ2n) is 6.36. The lowest BCUT2D eigenvalue weighted by Gasteiger charge is -2.13. The number of fused-ring (bicyclic) bond motifs is 1. The van der Waals surface area contributed by atoms with Crippen LogP contribution in [0.25, 0.3) is 10.9 Å². The molecule has 154 valence electrons. The van der Waals surface area contributed by atoms with Crippen LogP contribution < -0.4 is 21.5 Å². The lowest BCUT2D eigenvalue weighted by atomic mass is 10.0. The second kappa shape index (κ2) is 8.14. The van der Waals surface area contributed by atoms with Gasteiger partial charge in [0.1, 0.15) is 0 Å². The van der Waals surface area contributed by atoms with Crippen molar-refractivity contribution in [1.29, 1.82) is 0 Å². The van der Waals surface area contributed by atoms with Crippen molar-refractivity contribution in [2.75, 3.05) is 0 Å². The first-order chi connectivity index (χ1) is 13.0. The maximum Gasteiger partial charge on any atom is 0.416 e. The number of rotatable bonds is 3. The highest BCUT2D eigenvalue weighted by Gasteiger charge is 2.37. The Labute approximate surface area is 172 Å². The van der Waals surface area contributed by atoms with E-state index in [2.05, 4.69) is 0 Å². The molecular weight excluding hydrogens is 464 g/mol. The number of carbonyl (C=O) groups is 1. The zero-order valence-corrected chi connectivity index (χ0v) is 16.5. The minimum Gasteiger partial charge on any atom is -1.00 e. The first-order valence-electron chi connectivity index (χ1n) is 8.17. The molecule has 0 saturated heterocycles. The summed E-state index contributed by atoms with van der Waals surface area (Å²) in [4.78, 5) is 12.5. The molecule has 1 aromatic heterocycles. The highest BCUT2D eigenvalue weighted by atomic mass is 79.9. The van der Waals surface area contributed by atoms with Crippen LogP contribution in [-0.4, -0.2) is 5.78 Å². The maximum absolute atomic E-state index is 13.0. The van der Waals surface area contributed by atoms with Crippen LogP contribution in [0.15, 0.2) is 54.7 Å². The van der Waals surface area contributed by atoms with Gasteiger partial charge in [-0.15, -0.1) is 0 Å². The molecule has 0 aliphatic heterocycles. The Morgan fingerprint density at radius 2 is 1.45 bits per heavy atom. The molecule has 2 aromatic carbocycles. The van der Waals surface area contributed by atoms with Gasteiger partial charge in [0.05, 0.1) is 11.1 Å². The fourth-order valence-electron chi connectivity index (χ4n) is 2.93. The van der Waals surface area contributed by atoms with E-state index < -0.39 is 34.8 Å². The van der Waals surface area contributed by atoms with Gasteiger partial charge >= 0.3 is 12.4 Å². The Hall–Kier alpha value is -2.42. The van der Waals surface area contributed by atoms with Gasteiger partial charge in [-0.1, -0.05) is 12.1 Å². The molecule has 0 bridgehead atoms. The fourth-order valence-corrected chi connectivity index (χ4v) is 2.93. The zero-order chi connectivity index (χ0) is 20.7. The zero-order valence-electron chi connectivity index (χ0n) is 14.9.